The SMILES string of the molecule is O=Cc1cc(I)cc(C(F)(F)F)c1F. The van der Waals surface area contributed by atoms with Crippen LogP contribution in [0.2, 0.25) is 0 Å². The number of carbonyl (C=O) groups excluding carboxylic acids is 1. The van der Waals surface area contributed by atoms with Crippen LogP contribution in [0, 0.1) is 9.39 Å². The minimum absolute atomic E-state index is 0.0622. The van der Waals surface area contributed by atoms with E-state index in [2.05, 4.69) is 0 Å². The quantitative estimate of drug-likeness (QED) is 0.441. The van der Waals surface area contributed by atoms with E-state index in [1.807, 2.05) is 0 Å². The van der Waals surface area contributed by atoms with Crippen molar-refractivity contribution in [3.8, 4) is 0 Å². The monoisotopic (exact) mass is 318 g/mol. The van der Waals surface area contributed by atoms with E-state index in [4.69, 9.17) is 0 Å². The lowest BCUT2D eigenvalue weighted by Gasteiger charge is -2.09. The molecule has 76 valence electrons. The van der Waals surface area contributed by atoms with Crippen molar-refractivity contribution in [3.63, 3.8) is 0 Å². The molecule has 0 radical (unpaired) electrons. The van der Waals surface area contributed by atoms with Crippen molar-refractivity contribution in [3.05, 3.63) is 32.6 Å². The third-order valence-electron chi connectivity index (χ3n) is 1.50. The second-order valence-electron chi connectivity index (χ2n) is 2.47. The van der Waals surface area contributed by atoms with Gasteiger partial charge in [-0.1, -0.05) is 0 Å². The average molecular weight is 318 g/mol. The van der Waals surface area contributed by atoms with Gasteiger partial charge in [0.15, 0.2) is 6.29 Å². The fourth-order valence-corrected chi connectivity index (χ4v) is 1.55. The van der Waals surface area contributed by atoms with Crippen molar-refractivity contribution in [2.24, 2.45) is 0 Å². The molecule has 1 rings (SSSR count). The first kappa shape index (κ1) is 11.4. The highest BCUT2D eigenvalue weighted by Crippen LogP contribution is 2.33. The molecule has 0 aliphatic heterocycles. The Morgan fingerprint density at radius 1 is 1.29 bits per heavy atom. The van der Waals surface area contributed by atoms with Crippen LogP contribution in [-0.4, -0.2) is 6.29 Å². The zero-order valence-electron chi connectivity index (χ0n) is 6.53. The summed E-state index contributed by atoms with van der Waals surface area (Å²) in [7, 11) is 0. The maximum Gasteiger partial charge on any atom is 0.419 e. The Bertz CT molecular complexity index is 372. The lowest BCUT2D eigenvalue weighted by molar-refractivity contribution is -0.140. The maximum atomic E-state index is 13.0. The Balaban J connectivity index is 3.44. The average Bonchev–Trinajstić information content (AvgIpc) is 2.06. The Morgan fingerprint density at radius 3 is 2.29 bits per heavy atom. The van der Waals surface area contributed by atoms with E-state index in [1.165, 1.54) is 0 Å². The molecule has 14 heavy (non-hydrogen) atoms. The van der Waals surface area contributed by atoms with E-state index >= 15 is 0 Å². The highest BCUT2D eigenvalue weighted by atomic mass is 127. The molecule has 1 aromatic carbocycles. The zero-order chi connectivity index (χ0) is 10.9. The molecule has 0 aliphatic carbocycles. The smallest absolute Gasteiger partial charge is 0.298 e. The van der Waals surface area contributed by atoms with Crippen molar-refractivity contribution in [2.45, 2.75) is 6.18 Å². The largest absolute Gasteiger partial charge is 0.419 e. The van der Waals surface area contributed by atoms with Crippen LogP contribution in [-0.2, 0) is 6.18 Å². The molecule has 0 atom stereocenters. The predicted molar refractivity (Wildman–Crippen MR) is 49.5 cm³/mol. The van der Waals surface area contributed by atoms with Gasteiger partial charge in [-0.3, -0.25) is 4.79 Å². The number of alkyl halides is 3. The van der Waals surface area contributed by atoms with Crippen LogP contribution in [0.5, 0.6) is 0 Å². The van der Waals surface area contributed by atoms with Gasteiger partial charge in [-0.25, -0.2) is 4.39 Å². The molecule has 0 saturated heterocycles. The van der Waals surface area contributed by atoms with Crippen LogP contribution in [0.15, 0.2) is 12.1 Å². The van der Waals surface area contributed by atoms with Gasteiger partial charge >= 0.3 is 6.18 Å². The lowest BCUT2D eigenvalue weighted by Crippen LogP contribution is -2.10. The number of hydrogen-bond acceptors (Lipinski definition) is 1. The van der Waals surface area contributed by atoms with Crippen molar-refractivity contribution in [1.29, 1.82) is 0 Å². The molecule has 0 spiro atoms. The third kappa shape index (κ3) is 2.23. The molecule has 0 unspecified atom stereocenters. The second kappa shape index (κ2) is 3.84. The van der Waals surface area contributed by atoms with Crippen LogP contribution in [0.4, 0.5) is 17.6 Å². The number of hydrogen-bond donors (Lipinski definition) is 0. The number of aldehydes is 1. The van der Waals surface area contributed by atoms with Gasteiger partial charge in [0.25, 0.3) is 0 Å². The Kier molecular flexibility index (Phi) is 3.13. The van der Waals surface area contributed by atoms with Gasteiger partial charge < -0.3 is 0 Å². The van der Waals surface area contributed by atoms with E-state index < -0.39 is 23.1 Å². The summed E-state index contributed by atoms with van der Waals surface area (Å²) in [6.07, 6.45) is -4.71. The molecule has 0 fully saturated rings. The van der Waals surface area contributed by atoms with Gasteiger partial charge in [0.2, 0.25) is 0 Å². The standard InChI is InChI=1S/C8H3F4IO/c9-7-4(3-14)1-5(13)2-6(7)8(10,11)12/h1-3H. The maximum absolute atomic E-state index is 13.0. The summed E-state index contributed by atoms with van der Waals surface area (Å²) in [5.41, 5.74) is -1.99. The summed E-state index contributed by atoms with van der Waals surface area (Å²) in [6, 6.07) is 1.71. The van der Waals surface area contributed by atoms with Crippen LogP contribution in [0.25, 0.3) is 0 Å². The summed E-state index contributed by atoms with van der Waals surface area (Å²) in [5.74, 6) is -1.52. The van der Waals surface area contributed by atoms with E-state index in [1.54, 1.807) is 22.6 Å². The number of halogens is 5. The van der Waals surface area contributed by atoms with E-state index in [-0.39, 0.29) is 9.86 Å². The van der Waals surface area contributed by atoms with Crippen LogP contribution >= 0.6 is 22.6 Å². The molecule has 0 heterocycles. The Morgan fingerprint density at radius 2 is 1.86 bits per heavy atom. The van der Waals surface area contributed by atoms with E-state index in [0.717, 1.165) is 6.07 Å². The molecular formula is C8H3F4IO. The molecule has 0 amide bonds. The molecular weight excluding hydrogens is 315 g/mol. The summed E-state index contributed by atoms with van der Waals surface area (Å²) < 4.78 is 49.7. The Hall–Kier alpha value is -0.660. The molecule has 6 heteroatoms. The van der Waals surface area contributed by atoms with E-state index in [9.17, 15) is 22.4 Å². The number of benzene rings is 1. The Labute approximate surface area is 90.2 Å². The summed E-state index contributed by atoms with van der Waals surface area (Å²) in [4.78, 5) is 10.2. The van der Waals surface area contributed by atoms with Crippen LogP contribution < -0.4 is 0 Å². The van der Waals surface area contributed by atoms with Crippen LogP contribution in [0.1, 0.15) is 15.9 Å². The van der Waals surface area contributed by atoms with Gasteiger partial charge in [0.1, 0.15) is 5.82 Å². The minimum Gasteiger partial charge on any atom is -0.298 e. The highest BCUT2D eigenvalue weighted by molar-refractivity contribution is 14.1. The minimum atomic E-state index is -4.77. The number of carbonyl (C=O) groups is 1. The summed E-state index contributed by atoms with van der Waals surface area (Å²) in [6.45, 7) is 0. The molecule has 1 nitrogen and oxygen atoms in total. The first-order valence-corrected chi connectivity index (χ1v) is 4.45. The van der Waals surface area contributed by atoms with Gasteiger partial charge in [-0.2, -0.15) is 13.2 Å². The zero-order valence-corrected chi connectivity index (χ0v) is 8.69. The third-order valence-corrected chi connectivity index (χ3v) is 2.12. The van der Waals surface area contributed by atoms with Crippen molar-refractivity contribution in [2.75, 3.05) is 0 Å². The predicted octanol–water partition coefficient (Wildman–Crippen LogP) is 3.26. The molecule has 0 N–H and O–H groups in total. The van der Waals surface area contributed by atoms with Crippen LogP contribution in [0.3, 0.4) is 0 Å². The second-order valence-corrected chi connectivity index (χ2v) is 3.72. The molecule has 0 aromatic heterocycles. The fourth-order valence-electron chi connectivity index (χ4n) is 0.902. The molecule has 0 aliphatic rings. The van der Waals surface area contributed by atoms with Crippen molar-refractivity contribution >= 4 is 28.9 Å². The summed E-state index contributed by atoms with van der Waals surface area (Å²) >= 11 is 1.59. The fraction of sp³-hybridized carbons (Fsp3) is 0.125. The van der Waals surface area contributed by atoms with Gasteiger partial charge in [-0.05, 0) is 34.7 Å². The van der Waals surface area contributed by atoms with Gasteiger partial charge in [0, 0.05) is 3.57 Å². The number of rotatable bonds is 1. The normalized spacial score (nSPS) is 11.5. The van der Waals surface area contributed by atoms with E-state index in [0.29, 0.717) is 6.07 Å². The molecule has 1 aromatic rings. The first-order valence-electron chi connectivity index (χ1n) is 3.37. The first-order chi connectivity index (χ1) is 6.36. The van der Waals surface area contributed by atoms with Crippen molar-refractivity contribution < 1.29 is 22.4 Å². The highest BCUT2D eigenvalue weighted by Gasteiger charge is 2.35. The molecule has 0 bridgehead atoms. The van der Waals surface area contributed by atoms with Gasteiger partial charge in [0.05, 0.1) is 11.1 Å². The topological polar surface area (TPSA) is 17.1 Å². The summed E-state index contributed by atoms with van der Waals surface area (Å²) in [5, 5.41) is 0. The molecule has 0 saturated carbocycles. The van der Waals surface area contributed by atoms with Crippen molar-refractivity contribution in [1.82, 2.24) is 0 Å². The van der Waals surface area contributed by atoms with Gasteiger partial charge in [-0.15, -0.1) is 0 Å². The lowest BCUT2D eigenvalue weighted by atomic mass is 10.1.